The lowest BCUT2D eigenvalue weighted by Gasteiger charge is -2.09. The van der Waals surface area contributed by atoms with Crippen LogP contribution in [0, 0.1) is 0 Å². The second kappa shape index (κ2) is 9.19. The van der Waals surface area contributed by atoms with Crippen molar-refractivity contribution in [3.05, 3.63) is 71.3 Å². The van der Waals surface area contributed by atoms with Crippen molar-refractivity contribution in [1.82, 2.24) is 10.6 Å². The molecular formula is C23H25N3O3. The summed E-state index contributed by atoms with van der Waals surface area (Å²) in [6.07, 6.45) is 5.21. The summed E-state index contributed by atoms with van der Waals surface area (Å²) in [7, 11) is 0. The molecule has 0 radical (unpaired) electrons. The molecule has 1 fully saturated rings. The van der Waals surface area contributed by atoms with E-state index in [4.69, 9.17) is 0 Å². The van der Waals surface area contributed by atoms with Crippen LogP contribution >= 0.6 is 0 Å². The van der Waals surface area contributed by atoms with Gasteiger partial charge in [0, 0.05) is 35.0 Å². The van der Waals surface area contributed by atoms with E-state index in [1.807, 2.05) is 13.8 Å². The molecule has 3 rings (SSSR count). The van der Waals surface area contributed by atoms with E-state index in [2.05, 4.69) is 16.0 Å². The minimum Gasteiger partial charge on any atom is -0.350 e. The van der Waals surface area contributed by atoms with Crippen molar-refractivity contribution in [3.63, 3.8) is 0 Å². The zero-order valence-electron chi connectivity index (χ0n) is 16.6. The monoisotopic (exact) mass is 391 g/mol. The smallest absolute Gasteiger partial charge is 0.251 e. The molecule has 3 N–H and O–H groups in total. The predicted molar refractivity (Wildman–Crippen MR) is 114 cm³/mol. The lowest BCUT2D eigenvalue weighted by atomic mass is 10.1. The highest BCUT2D eigenvalue weighted by molar-refractivity contribution is 6.02. The fourth-order valence-electron chi connectivity index (χ4n) is 2.65. The quantitative estimate of drug-likeness (QED) is 0.633. The highest BCUT2D eigenvalue weighted by Crippen LogP contribution is 2.19. The van der Waals surface area contributed by atoms with Gasteiger partial charge in [0.05, 0.1) is 0 Å². The van der Waals surface area contributed by atoms with Crippen LogP contribution in [-0.4, -0.2) is 29.8 Å². The SMILES string of the molecule is CC(C)NC(=O)c1ccc(NC(=O)C=Cc2ccc(C(=O)NC3CC3)cc2)cc1. The van der Waals surface area contributed by atoms with Gasteiger partial charge in [0.25, 0.3) is 11.8 Å². The van der Waals surface area contributed by atoms with Crippen LogP contribution in [0.15, 0.2) is 54.6 Å². The first-order valence-corrected chi connectivity index (χ1v) is 9.71. The largest absolute Gasteiger partial charge is 0.350 e. The Morgan fingerprint density at radius 1 is 0.897 bits per heavy atom. The predicted octanol–water partition coefficient (Wildman–Crippen LogP) is 3.37. The van der Waals surface area contributed by atoms with Crippen molar-refractivity contribution >= 4 is 29.5 Å². The van der Waals surface area contributed by atoms with Crippen molar-refractivity contribution in [3.8, 4) is 0 Å². The van der Waals surface area contributed by atoms with Crippen molar-refractivity contribution in [2.75, 3.05) is 5.32 Å². The van der Waals surface area contributed by atoms with E-state index in [0.29, 0.717) is 22.9 Å². The third kappa shape index (κ3) is 6.31. The summed E-state index contributed by atoms with van der Waals surface area (Å²) in [6, 6.07) is 14.2. The van der Waals surface area contributed by atoms with Crippen molar-refractivity contribution < 1.29 is 14.4 Å². The Morgan fingerprint density at radius 2 is 1.48 bits per heavy atom. The van der Waals surface area contributed by atoms with E-state index in [1.54, 1.807) is 54.6 Å². The van der Waals surface area contributed by atoms with Crippen molar-refractivity contribution in [2.45, 2.75) is 38.8 Å². The molecule has 0 bridgehead atoms. The van der Waals surface area contributed by atoms with Gasteiger partial charge in [-0.15, -0.1) is 0 Å². The summed E-state index contributed by atoms with van der Waals surface area (Å²) < 4.78 is 0. The van der Waals surface area contributed by atoms with Crippen molar-refractivity contribution in [2.24, 2.45) is 0 Å². The average Bonchev–Trinajstić information content (AvgIpc) is 3.51. The van der Waals surface area contributed by atoms with Crippen LogP contribution in [0.3, 0.4) is 0 Å². The maximum Gasteiger partial charge on any atom is 0.251 e. The third-order valence-corrected chi connectivity index (χ3v) is 4.35. The summed E-state index contributed by atoms with van der Waals surface area (Å²) in [5.41, 5.74) is 2.58. The van der Waals surface area contributed by atoms with E-state index in [1.165, 1.54) is 6.08 Å². The van der Waals surface area contributed by atoms with Gasteiger partial charge in [-0.25, -0.2) is 0 Å². The van der Waals surface area contributed by atoms with Crippen LogP contribution in [0.1, 0.15) is 53.0 Å². The molecule has 29 heavy (non-hydrogen) atoms. The van der Waals surface area contributed by atoms with Gasteiger partial charge in [-0.3, -0.25) is 14.4 Å². The van der Waals surface area contributed by atoms with Gasteiger partial charge >= 0.3 is 0 Å². The number of amides is 3. The van der Waals surface area contributed by atoms with E-state index >= 15 is 0 Å². The first-order chi connectivity index (χ1) is 13.9. The molecule has 0 heterocycles. The number of hydrogen-bond donors (Lipinski definition) is 3. The molecule has 1 aliphatic rings. The number of hydrogen-bond acceptors (Lipinski definition) is 3. The minimum atomic E-state index is -0.278. The maximum atomic E-state index is 12.1. The fraction of sp³-hybridized carbons (Fsp3) is 0.261. The summed E-state index contributed by atoms with van der Waals surface area (Å²) in [4.78, 5) is 36.0. The molecule has 6 nitrogen and oxygen atoms in total. The van der Waals surface area contributed by atoms with Crippen LogP contribution in [0.5, 0.6) is 0 Å². The number of carbonyl (C=O) groups is 3. The van der Waals surface area contributed by atoms with Gasteiger partial charge < -0.3 is 16.0 Å². The molecule has 150 valence electrons. The standard InChI is InChI=1S/C23H25N3O3/c1-15(2)24-22(28)18-8-10-19(11-9-18)25-21(27)14-5-16-3-6-17(7-4-16)23(29)26-20-12-13-20/h3-11,14-15,20H,12-13H2,1-2H3,(H,24,28)(H,25,27)(H,26,29). The second-order valence-electron chi connectivity index (χ2n) is 7.40. The molecule has 3 amide bonds. The number of anilines is 1. The molecule has 0 saturated heterocycles. The Morgan fingerprint density at radius 3 is 2.07 bits per heavy atom. The van der Waals surface area contributed by atoms with Gasteiger partial charge in [-0.1, -0.05) is 12.1 Å². The zero-order chi connectivity index (χ0) is 20.8. The lowest BCUT2D eigenvalue weighted by Crippen LogP contribution is -2.29. The van der Waals surface area contributed by atoms with E-state index in [0.717, 1.165) is 18.4 Å². The molecule has 1 saturated carbocycles. The third-order valence-electron chi connectivity index (χ3n) is 4.35. The molecule has 0 aromatic heterocycles. The second-order valence-corrected chi connectivity index (χ2v) is 7.40. The first-order valence-electron chi connectivity index (χ1n) is 9.71. The van der Waals surface area contributed by atoms with Gasteiger partial charge in [0.2, 0.25) is 5.91 Å². The zero-order valence-corrected chi connectivity index (χ0v) is 16.6. The van der Waals surface area contributed by atoms with Crippen molar-refractivity contribution in [1.29, 1.82) is 0 Å². The lowest BCUT2D eigenvalue weighted by molar-refractivity contribution is -0.111. The van der Waals surface area contributed by atoms with Crippen LogP contribution < -0.4 is 16.0 Å². The Labute approximate surface area is 170 Å². The maximum absolute atomic E-state index is 12.1. The summed E-state index contributed by atoms with van der Waals surface area (Å²) in [5.74, 6) is -0.488. The highest BCUT2D eigenvalue weighted by Gasteiger charge is 2.23. The van der Waals surface area contributed by atoms with Gasteiger partial charge in [0.1, 0.15) is 0 Å². The summed E-state index contributed by atoms with van der Waals surface area (Å²) in [6.45, 7) is 3.80. The molecular weight excluding hydrogens is 366 g/mol. The van der Waals surface area contributed by atoms with E-state index < -0.39 is 0 Å². The number of carbonyl (C=O) groups excluding carboxylic acids is 3. The number of rotatable bonds is 7. The van der Waals surface area contributed by atoms with Gasteiger partial charge in [0.15, 0.2) is 0 Å². The topological polar surface area (TPSA) is 87.3 Å². The van der Waals surface area contributed by atoms with Crippen LogP contribution in [-0.2, 0) is 4.79 Å². The van der Waals surface area contributed by atoms with Gasteiger partial charge in [-0.05, 0) is 74.7 Å². The molecule has 6 heteroatoms. The van der Waals surface area contributed by atoms with Gasteiger partial charge in [-0.2, -0.15) is 0 Å². The van der Waals surface area contributed by atoms with Crippen LogP contribution in [0.2, 0.25) is 0 Å². The summed E-state index contributed by atoms with van der Waals surface area (Å²) >= 11 is 0. The fourth-order valence-corrected chi connectivity index (χ4v) is 2.65. The minimum absolute atomic E-state index is 0.0636. The molecule has 2 aromatic carbocycles. The Hall–Kier alpha value is -3.41. The Kier molecular flexibility index (Phi) is 6.44. The average molecular weight is 391 g/mol. The molecule has 0 atom stereocenters. The first kappa shape index (κ1) is 20.3. The van der Waals surface area contributed by atoms with Crippen LogP contribution in [0.4, 0.5) is 5.69 Å². The Bertz CT molecular complexity index is 911. The highest BCUT2D eigenvalue weighted by atomic mass is 16.2. The normalized spacial score (nSPS) is 13.3. The Balaban J connectivity index is 1.52. The molecule has 0 aliphatic heterocycles. The number of nitrogens with one attached hydrogen (secondary N) is 3. The molecule has 0 spiro atoms. The number of benzene rings is 2. The molecule has 1 aliphatic carbocycles. The summed E-state index contributed by atoms with van der Waals surface area (Å²) in [5, 5.41) is 8.52. The van der Waals surface area contributed by atoms with E-state index in [-0.39, 0.29) is 23.8 Å². The van der Waals surface area contributed by atoms with E-state index in [9.17, 15) is 14.4 Å². The molecule has 2 aromatic rings. The van der Waals surface area contributed by atoms with Crippen LogP contribution in [0.25, 0.3) is 6.08 Å². The molecule has 0 unspecified atom stereocenters.